The van der Waals surface area contributed by atoms with Crippen molar-refractivity contribution in [3.63, 3.8) is 0 Å². The Morgan fingerprint density at radius 2 is 2.20 bits per heavy atom. The van der Waals surface area contributed by atoms with Crippen LogP contribution < -0.4 is 10.6 Å². The van der Waals surface area contributed by atoms with Crippen LogP contribution in [0.1, 0.15) is 18.4 Å². The van der Waals surface area contributed by atoms with Crippen molar-refractivity contribution in [2.75, 3.05) is 17.2 Å². The summed E-state index contributed by atoms with van der Waals surface area (Å²) < 4.78 is 0. The zero-order valence-electron chi connectivity index (χ0n) is 11.1. The van der Waals surface area contributed by atoms with E-state index in [2.05, 4.69) is 42.5 Å². The van der Waals surface area contributed by atoms with Crippen molar-refractivity contribution in [3.8, 4) is 0 Å². The van der Waals surface area contributed by atoms with Crippen LogP contribution in [0.3, 0.4) is 0 Å². The average Bonchev–Trinajstić information content (AvgIpc) is 3.13. The maximum Gasteiger partial charge on any atom is 0.226 e. The molecule has 3 aromatic rings. The third-order valence-corrected chi connectivity index (χ3v) is 3.49. The third kappa shape index (κ3) is 2.69. The van der Waals surface area contributed by atoms with Gasteiger partial charge < -0.3 is 15.6 Å². The second-order valence-corrected chi connectivity index (χ2v) is 5.18. The number of hydrogen-bond acceptors (Lipinski definition) is 7. The van der Waals surface area contributed by atoms with Gasteiger partial charge in [0.2, 0.25) is 5.95 Å². The Hall–Kier alpha value is -2.22. The van der Waals surface area contributed by atoms with Gasteiger partial charge in [-0.15, -0.1) is 11.3 Å². The number of anilines is 2. The molecule has 0 aromatic carbocycles. The highest BCUT2D eigenvalue weighted by molar-refractivity contribution is 7.09. The molecule has 104 valence electrons. The lowest BCUT2D eigenvalue weighted by Gasteiger charge is -2.08. The van der Waals surface area contributed by atoms with Crippen molar-refractivity contribution in [2.24, 2.45) is 0 Å². The van der Waals surface area contributed by atoms with Crippen LogP contribution in [0.2, 0.25) is 0 Å². The minimum absolute atomic E-state index is 0.591. The minimum Gasteiger partial charge on any atom is -0.362 e. The Balaban J connectivity index is 1.85. The third-order valence-electron chi connectivity index (χ3n) is 2.71. The van der Waals surface area contributed by atoms with Crippen molar-refractivity contribution < 1.29 is 0 Å². The molecule has 20 heavy (non-hydrogen) atoms. The number of aromatic nitrogens is 5. The van der Waals surface area contributed by atoms with Gasteiger partial charge in [-0.1, -0.05) is 6.92 Å². The Kier molecular flexibility index (Phi) is 3.73. The maximum atomic E-state index is 4.48. The van der Waals surface area contributed by atoms with Crippen LogP contribution in [-0.4, -0.2) is 31.5 Å². The molecule has 0 bridgehead atoms. The zero-order chi connectivity index (χ0) is 13.8. The molecule has 0 spiro atoms. The van der Waals surface area contributed by atoms with E-state index in [9.17, 15) is 0 Å². The number of rotatable bonds is 6. The molecule has 3 heterocycles. The monoisotopic (exact) mass is 289 g/mol. The van der Waals surface area contributed by atoms with Gasteiger partial charge >= 0.3 is 0 Å². The van der Waals surface area contributed by atoms with E-state index in [4.69, 9.17) is 0 Å². The van der Waals surface area contributed by atoms with E-state index in [0.717, 1.165) is 29.3 Å². The molecule has 0 fully saturated rings. The molecule has 7 nitrogen and oxygen atoms in total. The molecular weight excluding hydrogens is 274 g/mol. The Morgan fingerprint density at radius 1 is 1.25 bits per heavy atom. The Bertz CT molecular complexity index is 676. The number of hydrogen-bond donors (Lipinski definition) is 3. The molecule has 0 unspecified atom stereocenters. The Morgan fingerprint density at radius 3 is 3.00 bits per heavy atom. The highest BCUT2D eigenvalue weighted by Gasteiger charge is 2.09. The quantitative estimate of drug-likeness (QED) is 0.644. The van der Waals surface area contributed by atoms with Gasteiger partial charge in [0, 0.05) is 18.1 Å². The standard InChI is InChI=1S/C12H15N7S/c1-2-3-14-12-18-10(9-11(19-12)17-7-16-9)15-6-8-13-4-5-20-8/h4-5,7H,2-3,6H2,1H3,(H3,14,15,16,17,18,19). The van der Waals surface area contributed by atoms with E-state index in [1.165, 1.54) is 0 Å². The van der Waals surface area contributed by atoms with E-state index in [-0.39, 0.29) is 0 Å². The van der Waals surface area contributed by atoms with Gasteiger partial charge in [-0.05, 0) is 6.42 Å². The van der Waals surface area contributed by atoms with Crippen molar-refractivity contribution in [2.45, 2.75) is 19.9 Å². The van der Waals surface area contributed by atoms with Crippen molar-refractivity contribution in [3.05, 3.63) is 22.9 Å². The normalized spacial score (nSPS) is 10.8. The minimum atomic E-state index is 0.591. The first-order valence-corrected chi connectivity index (χ1v) is 7.32. The van der Waals surface area contributed by atoms with Crippen LogP contribution >= 0.6 is 11.3 Å². The number of H-pyrrole nitrogens is 1. The van der Waals surface area contributed by atoms with Gasteiger partial charge in [0.1, 0.15) is 10.5 Å². The SMILES string of the molecule is CCCNc1nc(NCc2nccs2)c2[nH]cnc2n1. The summed E-state index contributed by atoms with van der Waals surface area (Å²) in [6, 6.07) is 0. The van der Waals surface area contributed by atoms with E-state index in [1.807, 2.05) is 5.38 Å². The zero-order valence-corrected chi connectivity index (χ0v) is 11.9. The Labute approximate surface area is 119 Å². The van der Waals surface area contributed by atoms with Crippen LogP contribution in [0.25, 0.3) is 11.2 Å². The topological polar surface area (TPSA) is 91.4 Å². The van der Waals surface area contributed by atoms with Crippen molar-refractivity contribution >= 4 is 34.3 Å². The highest BCUT2D eigenvalue weighted by atomic mass is 32.1. The summed E-state index contributed by atoms with van der Waals surface area (Å²) in [4.78, 5) is 20.3. The molecule has 0 saturated heterocycles. The predicted molar refractivity (Wildman–Crippen MR) is 79.9 cm³/mol. The van der Waals surface area contributed by atoms with Gasteiger partial charge in [-0.2, -0.15) is 9.97 Å². The highest BCUT2D eigenvalue weighted by Crippen LogP contribution is 2.19. The number of aromatic amines is 1. The molecular formula is C12H15N7S. The number of thiazole rings is 1. The van der Waals surface area contributed by atoms with Crippen LogP contribution in [0.15, 0.2) is 17.9 Å². The molecule has 0 aliphatic rings. The molecule has 0 aliphatic heterocycles. The molecule has 0 radical (unpaired) electrons. The first-order chi connectivity index (χ1) is 9.86. The largest absolute Gasteiger partial charge is 0.362 e. The lowest BCUT2D eigenvalue weighted by atomic mass is 10.4. The second-order valence-electron chi connectivity index (χ2n) is 4.20. The molecule has 0 aliphatic carbocycles. The summed E-state index contributed by atoms with van der Waals surface area (Å²) in [7, 11) is 0. The fourth-order valence-corrected chi connectivity index (χ4v) is 2.33. The molecule has 0 saturated carbocycles. The first kappa shape index (κ1) is 12.8. The molecule has 3 N–H and O–H groups in total. The summed E-state index contributed by atoms with van der Waals surface area (Å²) in [6.45, 7) is 3.57. The predicted octanol–water partition coefficient (Wildman–Crippen LogP) is 2.24. The number of nitrogens with zero attached hydrogens (tertiary/aromatic N) is 4. The first-order valence-electron chi connectivity index (χ1n) is 6.44. The average molecular weight is 289 g/mol. The smallest absolute Gasteiger partial charge is 0.226 e. The van der Waals surface area contributed by atoms with E-state index < -0.39 is 0 Å². The van der Waals surface area contributed by atoms with E-state index in [0.29, 0.717) is 18.1 Å². The second kappa shape index (κ2) is 5.83. The van der Waals surface area contributed by atoms with Crippen LogP contribution in [0, 0.1) is 0 Å². The summed E-state index contributed by atoms with van der Waals surface area (Å²) in [5, 5.41) is 9.43. The van der Waals surface area contributed by atoms with Gasteiger partial charge in [0.25, 0.3) is 0 Å². The van der Waals surface area contributed by atoms with Crippen molar-refractivity contribution in [1.29, 1.82) is 0 Å². The van der Waals surface area contributed by atoms with Gasteiger partial charge in [0.05, 0.1) is 12.9 Å². The molecule has 0 amide bonds. The fraction of sp³-hybridized carbons (Fsp3) is 0.333. The van der Waals surface area contributed by atoms with Crippen LogP contribution in [-0.2, 0) is 6.54 Å². The lowest BCUT2D eigenvalue weighted by molar-refractivity contribution is 0.954. The molecule has 8 heteroatoms. The lowest BCUT2D eigenvalue weighted by Crippen LogP contribution is -2.08. The van der Waals surface area contributed by atoms with Crippen LogP contribution in [0.4, 0.5) is 11.8 Å². The number of nitrogens with one attached hydrogen (secondary N) is 3. The fourth-order valence-electron chi connectivity index (χ4n) is 1.78. The van der Waals surface area contributed by atoms with Gasteiger partial charge in [-0.3, -0.25) is 0 Å². The summed E-state index contributed by atoms with van der Waals surface area (Å²) >= 11 is 1.61. The summed E-state index contributed by atoms with van der Waals surface area (Å²) in [6.07, 6.45) is 4.43. The number of fused-ring (bicyclic) bond motifs is 1. The molecule has 3 aromatic heterocycles. The molecule has 0 atom stereocenters. The maximum absolute atomic E-state index is 4.48. The van der Waals surface area contributed by atoms with Gasteiger partial charge in [-0.25, -0.2) is 9.97 Å². The van der Waals surface area contributed by atoms with E-state index in [1.54, 1.807) is 23.9 Å². The number of imidazole rings is 1. The molecule has 3 rings (SSSR count). The summed E-state index contributed by atoms with van der Waals surface area (Å²) in [5.74, 6) is 1.33. The van der Waals surface area contributed by atoms with E-state index >= 15 is 0 Å². The summed E-state index contributed by atoms with van der Waals surface area (Å²) in [5.41, 5.74) is 1.46. The van der Waals surface area contributed by atoms with Gasteiger partial charge in [0.15, 0.2) is 11.5 Å². The van der Waals surface area contributed by atoms with Crippen molar-refractivity contribution in [1.82, 2.24) is 24.9 Å². The van der Waals surface area contributed by atoms with Crippen LogP contribution in [0.5, 0.6) is 0 Å².